The molecule has 0 bridgehead atoms. The molecule has 0 aliphatic carbocycles. The van der Waals surface area contributed by atoms with Crippen LogP contribution in [0, 0.1) is 18.3 Å². The summed E-state index contributed by atoms with van der Waals surface area (Å²) in [6.07, 6.45) is 0. The van der Waals surface area contributed by atoms with Crippen molar-refractivity contribution in [2.75, 3.05) is 11.1 Å². The first-order chi connectivity index (χ1) is 8.60. The van der Waals surface area contributed by atoms with Crippen LogP contribution in [0.25, 0.3) is 0 Å². The number of nitriles is 1. The SMILES string of the molecule is Cc1csc(C(C)Nc2ccc(C#N)c(N)c2)n1. The first-order valence-electron chi connectivity index (χ1n) is 5.58. The second-order valence-electron chi connectivity index (χ2n) is 4.11. The van der Waals surface area contributed by atoms with Crippen molar-refractivity contribution >= 4 is 22.7 Å². The molecule has 1 aromatic carbocycles. The molecule has 1 aromatic heterocycles. The van der Waals surface area contributed by atoms with Crippen LogP contribution in [0.5, 0.6) is 0 Å². The van der Waals surface area contributed by atoms with Crippen LogP contribution in [0.4, 0.5) is 11.4 Å². The number of thiazole rings is 1. The van der Waals surface area contributed by atoms with E-state index in [1.165, 1.54) is 0 Å². The number of aryl methyl sites for hydroxylation is 1. The average Bonchev–Trinajstić information content (AvgIpc) is 2.76. The van der Waals surface area contributed by atoms with Gasteiger partial charge in [-0.15, -0.1) is 11.3 Å². The summed E-state index contributed by atoms with van der Waals surface area (Å²) >= 11 is 1.63. The predicted octanol–water partition coefficient (Wildman–Crippen LogP) is 3.08. The first kappa shape index (κ1) is 12.4. The van der Waals surface area contributed by atoms with Gasteiger partial charge in [0.1, 0.15) is 11.1 Å². The Hall–Kier alpha value is -2.06. The molecule has 18 heavy (non-hydrogen) atoms. The van der Waals surface area contributed by atoms with Crippen molar-refractivity contribution < 1.29 is 0 Å². The van der Waals surface area contributed by atoms with E-state index < -0.39 is 0 Å². The summed E-state index contributed by atoms with van der Waals surface area (Å²) in [6, 6.07) is 7.52. The van der Waals surface area contributed by atoms with Crippen molar-refractivity contribution in [3.63, 3.8) is 0 Å². The van der Waals surface area contributed by atoms with E-state index in [0.29, 0.717) is 11.3 Å². The molecule has 4 nitrogen and oxygen atoms in total. The number of benzene rings is 1. The molecule has 0 fully saturated rings. The standard InChI is InChI=1S/C13H14N4S/c1-8-7-18-13(16-8)9(2)17-11-4-3-10(6-14)12(15)5-11/h3-5,7,9,17H,15H2,1-2H3. The van der Waals surface area contributed by atoms with Crippen LogP contribution in [0.3, 0.4) is 0 Å². The van der Waals surface area contributed by atoms with Crippen LogP contribution in [-0.2, 0) is 0 Å². The second kappa shape index (κ2) is 5.07. The van der Waals surface area contributed by atoms with E-state index in [0.717, 1.165) is 16.4 Å². The van der Waals surface area contributed by atoms with E-state index in [2.05, 4.69) is 10.3 Å². The fraction of sp³-hybridized carbons (Fsp3) is 0.231. The van der Waals surface area contributed by atoms with Gasteiger partial charge in [-0.2, -0.15) is 5.26 Å². The first-order valence-corrected chi connectivity index (χ1v) is 6.46. The maximum atomic E-state index is 8.81. The number of nitrogens with one attached hydrogen (secondary N) is 1. The van der Waals surface area contributed by atoms with Crippen molar-refractivity contribution in [2.45, 2.75) is 19.9 Å². The highest BCUT2D eigenvalue weighted by atomic mass is 32.1. The maximum absolute atomic E-state index is 8.81. The van der Waals surface area contributed by atoms with Crippen molar-refractivity contribution in [1.82, 2.24) is 4.98 Å². The number of rotatable bonds is 3. The number of hydrogen-bond donors (Lipinski definition) is 2. The third-order valence-corrected chi connectivity index (χ3v) is 3.71. The Morgan fingerprint density at radius 1 is 1.50 bits per heavy atom. The monoisotopic (exact) mass is 258 g/mol. The van der Waals surface area contributed by atoms with Crippen molar-refractivity contribution in [3.05, 3.63) is 39.8 Å². The quantitative estimate of drug-likeness (QED) is 0.830. The van der Waals surface area contributed by atoms with Crippen molar-refractivity contribution in [1.29, 1.82) is 5.26 Å². The van der Waals surface area contributed by atoms with Crippen LogP contribution in [-0.4, -0.2) is 4.98 Å². The molecule has 1 heterocycles. The van der Waals surface area contributed by atoms with Gasteiger partial charge >= 0.3 is 0 Å². The summed E-state index contributed by atoms with van der Waals surface area (Å²) in [5, 5.41) is 15.2. The molecule has 0 amide bonds. The van der Waals surface area contributed by atoms with Gasteiger partial charge in [-0.1, -0.05) is 0 Å². The summed E-state index contributed by atoms with van der Waals surface area (Å²) in [5.41, 5.74) is 8.69. The van der Waals surface area contributed by atoms with Gasteiger partial charge in [0.25, 0.3) is 0 Å². The lowest BCUT2D eigenvalue weighted by molar-refractivity contribution is 0.864. The molecular weight excluding hydrogens is 244 g/mol. The summed E-state index contributed by atoms with van der Waals surface area (Å²) < 4.78 is 0. The number of aromatic nitrogens is 1. The number of nitrogen functional groups attached to an aromatic ring is 1. The van der Waals surface area contributed by atoms with Gasteiger partial charge in [0.15, 0.2) is 0 Å². The van der Waals surface area contributed by atoms with Crippen molar-refractivity contribution in [2.24, 2.45) is 0 Å². The van der Waals surface area contributed by atoms with Gasteiger partial charge in [0.05, 0.1) is 17.3 Å². The Labute approximate surface area is 110 Å². The predicted molar refractivity (Wildman–Crippen MR) is 74.5 cm³/mol. The molecule has 2 rings (SSSR count). The molecule has 5 heteroatoms. The van der Waals surface area contributed by atoms with Crippen molar-refractivity contribution in [3.8, 4) is 6.07 Å². The van der Waals surface area contributed by atoms with E-state index in [-0.39, 0.29) is 6.04 Å². The fourth-order valence-electron chi connectivity index (χ4n) is 1.64. The second-order valence-corrected chi connectivity index (χ2v) is 5.00. The Bertz CT molecular complexity index is 597. The molecule has 0 saturated carbocycles. The molecule has 2 aromatic rings. The lowest BCUT2D eigenvalue weighted by atomic mass is 10.1. The average molecular weight is 258 g/mol. The normalized spacial score (nSPS) is 11.8. The van der Waals surface area contributed by atoms with Gasteiger partial charge in [-0.05, 0) is 32.0 Å². The lowest BCUT2D eigenvalue weighted by Crippen LogP contribution is -2.06. The summed E-state index contributed by atoms with van der Waals surface area (Å²) in [4.78, 5) is 4.44. The molecule has 92 valence electrons. The molecule has 0 aliphatic rings. The Kier molecular flexibility index (Phi) is 3.49. The highest BCUT2D eigenvalue weighted by Crippen LogP contribution is 2.24. The Morgan fingerprint density at radius 3 is 2.83 bits per heavy atom. The van der Waals surface area contributed by atoms with E-state index in [1.54, 1.807) is 23.5 Å². The highest BCUT2D eigenvalue weighted by molar-refractivity contribution is 7.09. The summed E-state index contributed by atoms with van der Waals surface area (Å²) in [6.45, 7) is 4.03. The minimum absolute atomic E-state index is 0.121. The third-order valence-electron chi connectivity index (χ3n) is 2.56. The maximum Gasteiger partial charge on any atom is 0.115 e. The summed E-state index contributed by atoms with van der Waals surface area (Å²) in [7, 11) is 0. The van der Waals surface area contributed by atoms with E-state index in [4.69, 9.17) is 11.0 Å². The number of nitrogens with two attached hydrogens (primary N) is 1. The van der Waals surface area contributed by atoms with E-state index in [9.17, 15) is 0 Å². The molecule has 1 unspecified atom stereocenters. The van der Waals surface area contributed by atoms with Gasteiger partial charge in [-0.3, -0.25) is 0 Å². The van der Waals surface area contributed by atoms with Gasteiger partial charge in [0, 0.05) is 16.8 Å². The van der Waals surface area contributed by atoms with Gasteiger partial charge < -0.3 is 11.1 Å². The molecule has 0 aliphatic heterocycles. The molecular formula is C13H14N4S. The van der Waals surface area contributed by atoms with Crippen LogP contribution >= 0.6 is 11.3 Å². The zero-order valence-corrected chi connectivity index (χ0v) is 11.1. The largest absolute Gasteiger partial charge is 0.398 e. The Morgan fingerprint density at radius 2 is 2.28 bits per heavy atom. The number of anilines is 2. The number of hydrogen-bond acceptors (Lipinski definition) is 5. The smallest absolute Gasteiger partial charge is 0.115 e. The van der Waals surface area contributed by atoms with Gasteiger partial charge in [0.2, 0.25) is 0 Å². The minimum atomic E-state index is 0.121. The molecule has 0 saturated heterocycles. The summed E-state index contributed by atoms with van der Waals surface area (Å²) in [5.74, 6) is 0. The molecule has 0 spiro atoms. The van der Waals surface area contributed by atoms with E-state index >= 15 is 0 Å². The number of nitrogens with zero attached hydrogens (tertiary/aromatic N) is 2. The zero-order valence-electron chi connectivity index (χ0n) is 10.3. The van der Waals surface area contributed by atoms with Crippen LogP contribution in [0.1, 0.15) is 29.2 Å². The van der Waals surface area contributed by atoms with Crippen LogP contribution < -0.4 is 11.1 Å². The topological polar surface area (TPSA) is 74.7 Å². The third kappa shape index (κ3) is 2.60. The fourth-order valence-corrected chi connectivity index (χ4v) is 2.44. The Balaban J connectivity index is 2.15. The van der Waals surface area contributed by atoms with Crippen LogP contribution in [0.15, 0.2) is 23.6 Å². The van der Waals surface area contributed by atoms with Crippen LogP contribution in [0.2, 0.25) is 0 Å². The highest BCUT2D eigenvalue weighted by Gasteiger charge is 2.09. The molecule has 3 N–H and O–H groups in total. The van der Waals surface area contributed by atoms with E-state index in [1.807, 2.05) is 31.4 Å². The zero-order chi connectivity index (χ0) is 13.1. The molecule has 0 radical (unpaired) electrons. The minimum Gasteiger partial charge on any atom is -0.398 e. The van der Waals surface area contributed by atoms with Gasteiger partial charge in [-0.25, -0.2) is 4.98 Å². The molecule has 1 atom stereocenters. The lowest BCUT2D eigenvalue weighted by Gasteiger charge is -2.13.